The Morgan fingerprint density at radius 2 is 2.07 bits per heavy atom. The number of sulfonamides is 1. The Hall–Kier alpha value is -1.21. The molecule has 0 aliphatic rings. The molecular weight excluding hydrogens is 206 g/mol. The number of nitrogens with one attached hydrogen (secondary N) is 1. The normalized spacial score (nSPS) is 11.2. The van der Waals surface area contributed by atoms with Gasteiger partial charge in [0.05, 0.1) is 12.4 Å². The Kier molecular flexibility index (Phi) is 3.78. The quantitative estimate of drug-likeness (QED) is 0.742. The van der Waals surface area contributed by atoms with E-state index in [1.165, 1.54) is 19.5 Å². The lowest BCUT2D eigenvalue weighted by atomic mass is 10.7. The number of hydrogen-bond donors (Lipinski definition) is 1. The molecule has 1 aromatic heterocycles. The molecule has 0 atom stereocenters. The largest absolute Gasteiger partial charge is 0.384 e. The summed E-state index contributed by atoms with van der Waals surface area (Å²) in [5, 5.41) is 0. The van der Waals surface area contributed by atoms with Crippen LogP contribution in [0.4, 0.5) is 5.95 Å². The van der Waals surface area contributed by atoms with E-state index in [1.54, 1.807) is 6.07 Å². The van der Waals surface area contributed by atoms with Crippen molar-refractivity contribution < 1.29 is 13.2 Å². The second-order valence-corrected chi connectivity index (χ2v) is 4.33. The van der Waals surface area contributed by atoms with Gasteiger partial charge in [0.1, 0.15) is 0 Å². The van der Waals surface area contributed by atoms with Crippen LogP contribution in [0.5, 0.6) is 0 Å². The van der Waals surface area contributed by atoms with Gasteiger partial charge in [-0.2, -0.15) is 0 Å². The van der Waals surface area contributed by atoms with E-state index in [0.29, 0.717) is 0 Å². The first-order valence-corrected chi connectivity index (χ1v) is 5.56. The first-order valence-electron chi connectivity index (χ1n) is 3.90. The van der Waals surface area contributed by atoms with Crippen LogP contribution in [-0.4, -0.2) is 37.9 Å². The van der Waals surface area contributed by atoms with Crippen molar-refractivity contribution in [1.82, 2.24) is 9.97 Å². The van der Waals surface area contributed by atoms with Gasteiger partial charge < -0.3 is 4.74 Å². The van der Waals surface area contributed by atoms with E-state index in [0.717, 1.165) is 0 Å². The number of anilines is 1. The van der Waals surface area contributed by atoms with Gasteiger partial charge in [0.15, 0.2) is 0 Å². The fraction of sp³-hybridized carbons (Fsp3) is 0.429. The summed E-state index contributed by atoms with van der Waals surface area (Å²) >= 11 is 0. The van der Waals surface area contributed by atoms with Crippen LogP contribution in [0, 0.1) is 0 Å². The van der Waals surface area contributed by atoms with Crippen molar-refractivity contribution >= 4 is 16.0 Å². The van der Waals surface area contributed by atoms with Gasteiger partial charge in [0, 0.05) is 19.5 Å². The lowest BCUT2D eigenvalue weighted by molar-refractivity contribution is 0.217. The van der Waals surface area contributed by atoms with Gasteiger partial charge in [0.25, 0.3) is 0 Å². The molecule has 78 valence electrons. The number of methoxy groups -OCH3 is 1. The summed E-state index contributed by atoms with van der Waals surface area (Å²) in [6, 6.07) is 1.60. The van der Waals surface area contributed by atoms with Crippen LogP contribution in [0.2, 0.25) is 0 Å². The first kappa shape index (κ1) is 10.9. The number of nitrogens with zero attached hydrogens (tertiary/aromatic N) is 2. The summed E-state index contributed by atoms with van der Waals surface area (Å²) in [5.41, 5.74) is 0. The number of hydrogen-bond acceptors (Lipinski definition) is 5. The smallest absolute Gasteiger partial charge is 0.237 e. The SMILES string of the molecule is COCCS(=O)(=O)Nc1ncccn1. The highest BCUT2D eigenvalue weighted by molar-refractivity contribution is 7.92. The van der Waals surface area contributed by atoms with Gasteiger partial charge in [-0.25, -0.2) is 18.4 Å². The van der Waals surface area contributed by atoms with Crippen LogP contribution in [-0.2, 0) is 14.8 Å². The Bertz CT molecular complexity index is 365. The van der Waals surface area contributed by atoms with Gasteiger partial charge in [-0.1, -0.05) is 0 Å². The molecule has 0 spiro atoms. The molecule has 0 amide bonds. The Morgan fingerprint density at radius 3 is 2.64 bits per heavy atom. The van der Waals surface area contributed by atoms with Crippen LogP contribution in [0.25, 0.3) is 0 Å². The number of ether oxygens (including phenoxy) is 1. The maximum Gasteiger partial charge on any atom is 0.237 e. The highest BCUT2D eigenvalue weighted by atomic mass is 32.2. The maximum atomic E-state index is 11.3. The summed E-state index contributed by atoms with van der Waals surface area (Å²) in [7, 11) is -1.96. The number of aromatic nitrogens is 2. The zero-order valence-corrected chi connectivity index (χ0v) is 8.49. The van der Waals surface area contributed by atoms with Crippen molar-refractivity contribution in [3.63, 3.8) is 0 Å². The number of rotatable bonds is 5. The third-order valence-electron chi connectivity index (χ3n) is 1.37. The van der Waals surface area contributed by atoms with Crippen LogP contribution < -0.4 is 4.72 Å². The highest BCUT2D eigenvalue weighted by Crippen LogP contribution is 1.98. The van der Waals surface area contributed by atoms with E-state index in [2.05, 4.69) is 19.4 Å². The minimum Gasteiger partial charge on any atom is -0.384 e. The van der Waals surface area contributed by atoms with E-state index in [1.807, 2.05) is 0 Å². The second-order valence-electron chi connectivity index (χ2n) is 2.49. The summed E-state index contributed by atoms with van der Waals surface area (Å²) in [4.78, 5) is 7.46. The molecule has 1 rings (SSSR count). The van der Waals surface area contributed by atoms with Crippen molar-refractivity contribution in [1.29, 1.82) is 0 Å². The molecule has 14 heavy (non-hydrogen) atoms. The fourth-order valence-corrected chi connectivity index (χ4v) is 1.61. The molecule has 0 saturated carbocycles. The first-order chi connectivity index (χ1) is 6.64. The topological polar surface area (TPSA) is 81.2 Å². The van der Waals surface area contributed by atoms with Crippen LogP contribution in [0.15, 0.2) is 18.5 Å². The monoisotopic (exact) mass is 217 g/mol. The highest BCUT2D eigenvalue weighted by Gasteiger charge is 2.10. The fourth-order valence-electron chi connectivity index (χ4n) is 0.735. The molecule has 0 aromatic carbocycles. The van der Waals surface area contributed by atoms with E-state index in [9.17, 15) is 8.42 Å². The average molecular weight is 217 g/mol. The van der Waals surface area contributed by atoms with Crippen LogP contribution >= 0.6 is 0 Å². The van der Waals surface area contributed by atoms with Crippen LogP contribution in [0.1, 0.15) is 0 Å². The molecule has 7 heteroatoms. The second kappa shape index (κ2) is 4.87. The lowest BCUT2D eigenvalue weighted by Crippen LogP contribution is -2.20. The lowest BCUT2D eigenvalue weighted by Gasteiger charge is -2.04. The van der Waals surface area contributed by atoms with Crippen molar-refractivity contribution in [2.75, 3.05) is 24.2 Å². The molecule has 0 aliphatic heterocycles. The predicted molar refractivity (Wildman–Crippen MR) is 51.3 cm³/mol. The van der Waals surface area contributed by atoms with E-state index in [-0.39, 0.29) is 18.3 Å². The standard InChI is InChI=1S/C7H11N3O3S/c1-13-5-6-14(11,12)10-7-8-3-2-4-9-7/h2-4H,5-6H2,1H3,(H,8,9,10). The van der Waals surface area contributed by atoms with Gasteiger partial charge in [-0.15, -0.1) is 0 Å². The third kappa shape index (κ3) is 3.67. The minimum absolute atomic E-state index is 0.0728. The van der Waals surface area contributed by atoms with Crippen LogP contribution in [0.3, 0.4) is 0 Å². The van der Waals surface area contributed by atoms with Gasteiger partial charge in [-0.3, -0.25) is 4.72 Å². The van der Waals surface area contributed by atoms with E-state index in [4.69, 9.17) is 0 Å². The molecule has 0 unspecified atom stereocenters. The van der Waals surface area contributed by atoms with Crippen molar-refractivity contribution in [3.8, 4) is 0 Å². The summed E-state index contributed by atoms with van der Waals surface area (Å²) < 4.78 is 29.5. The predicted octanol–water partition coefficient (Wildman–Crippen LogP) is -0.135. The zero-order valence-electron chi connectivity index (χ0n) is 7.67. The zero-order chi connectivity index (χ0) is 10.4. The Morgan fingerprint density at radius 1 is 1.43 bits per heavy atom. The molecule has 1 aromatic rings. The Labute approximate surface area is 82.4 Å². The molecule has 0 aliphatic carbocycles. The molecular formula is C7H11N3O3S. The summed E-state index contributed by atoms with van der Waals surface area (Å²) in [6.45, 7) is 0.141. The third-order valence-corrected chi connectivity index (χ3v) is 2.57. The summed E-state index contributed by atoms with van der Waals surface area (Å²) in [5.74, 6) is -0.0366. The molecule has 0 fully saturated rings. The van der Waals surface area contributed by atoms with E-state index >= 15 is 0 Å². The molecule has 0 saturated heterocycles. The molecule has 1 heterocycles. The average Bonchev–Trinajstić information content (AvgIpc) is 2.16. The van der Waals surface area contributed by atoms with E-state index < -0.39 is 10.0 Å². The maximum absolute atomic E-state index is 11.3. The molecule has 6 nitrogen and oxygen atoms in total. The molecule has 0 bridgehead atoms. The Balaban J connectivity index is 2.60. The van der Waals surface area contributed by atoms with Crippen molar-refractivity contribution in [2.45, 2.75) is 0 Å². The van der Waals surface area contributed by atoms with Gasteiger partial charge >= 0.3 is 0 Å². The molecule has 1 N–H and O–H groups in total. The summed E-state index contributed by atoms with van der Waals surface area (Å²) in [6.07, 6.45) is 2.92. The van der Waals surface area contributed by atoms with Crippen molar-refractivity contribution in [3.05, 3.63) is 18.5 Å². The minimum atomic E-state index is -3.40. The molecule has 0 radical (unpaired) electrons. The van der Waals surface area contributed by atoms with Gasteiger partial charge in [0.2, 0.25) is 16.0 Å². The van der Waals surface area contributed by atoms with Crippen molar-refractivity contribution in [2.24, 2.45) is 0 Å². The van der Waals surface area contributed by atoms with Gasteiger partial charge in [-0.05, 0) is 6.07 Å².